The first kappa shape index (κ1) is 22.2. The van der Waals surface area contributed by atoms with E-state index in [1.807, 2.05) is 6.92 Å². The monoisotopic (exact) mass is 486 g/mol. The molecule has 3 N–H and O–H groups in total. The minimum absolute atomic E-state index is 0.0207. The smallest absolute Gasteiger partial charge is 0.294 e. The van der Waals surface area contributed by atoms with Gasteiger partial charge in [0, 0.05) is 11.1 Å². The number of hydrogen-bond donors (Lipinski definition) is 2. The fraction of sp³-hybridized carbons (Fsp3) is 0.100. The van der Waals surface area contributed by atoms with Crippen molar-refractivity contribution < 1.29 is 14.2 Å². The Kier molecular flexibility index (Phi) is 6.52. The van der Waals surface area contributed by atoms with Crippen LogP contribution < -0.4 is 15.9 Å². The van der Waals surface area contributed by atoms with Crippen LogP contribution >= 0.6 is 23.2 Å². The van der Waals surface area contributed by atoms with E-state index in [9.17, 15) is 4.79 Å². The third-order valence-corrected chi connectivity index (χ3v) is 5.21. The average molecular weight is 487 g/mol. The van der Waals surface area contributed by atoms with Crippen molar-refractivity contribution in [2.24, 2.45) is 5.10 Å². The summed E-state index contributed by atoms with van der Waals surface area (Å²) in [6.45, 7) is 2.40. The van der Waals surface area contributed by atoms with Gasteiger partial charge in [0.1, 0.15) is 11.4 Å². The maximum atomic E-state index is 12.9. The van der Waals surface area contributed by atoms with Crippen LogP contribution in [0.15, 0.2) is 52.2 Å². The Morgan fingerprint density at radius 3 is 2.73 bits per heavy atom. The Bertz CT molecular complexity index is 1320. The Hall–Kier alpha value is -3.96. The van der Waals surface area contributed by atoms with Gasteiger partial charge < -0.3 is 10.5 Å². The molecule has 4 rings (SSSR count). The number of amides is 1. The topological polar surface area (TPSA) is 146 Å². The van der Waals surface area contributed by atoms with Crippen molar-refractivity contribution in [2.45, 2.75) is 6.92 Å². The second kappa shape index (κ2) is 9.67. The maximum Gasteiger partial charge on any atom is 0.294 e. The lowest BCUT2D eigenvalue weighted by Gasteiger charge is -2.07. The molecule has 13 heteroatoms. The highest BCUT2D eigenvalue weighted by Gasteiger charge is 2.25. The number of hydrazone groups is 1. The lowest BCUT2D eigenvalue weighted by Crippen LogP contribution is -2.19. The maximum absolute atomic E-state index is 12.9. The zero-order valence-electron chi connectivity index (χ0n) is 17.1. The van der Waals surface area contributed by atoms with E-state index in [1.165, 1.54) is 10.9 Å². The molecule has 0 atom stereocenters. The summed E-state index contributed by atoms with van der Waals surface area (Å²) < 4.78 is 11.4. The van der Waals surface area contributed by atoms with Gasteiger partial charge in [-0.2, -0.15) is 9.78 Å². The number of nitrogen functional groups attached to an aromatic ring is 1. The standard InChI is InChI=1S/C20H16Cl2N8O3/c1-2-32-13-8-6-11(7-9-13)17-16(25-29-30(17)19-18(23)27-33-28-19)20(31)26-24-10-12-4-3-5-14(21)15(12)22/h3-10H,2H2,1H3,(H2,23,27)(H,26,31). The van der Waals surface area contributed by atoms with Crippen LogP contribution in [0, 0.1) is 0 Å². The molecule has 1 amide bonds. The zero-order chi connectivity index (χ0) is 23.4. The molecule has 0 saturated heterocycles. The number of halogens is 2. The number of rotatable bonds is 7. The van der Waals surface area contributed by atoms with Gasteiger partial charge in [0.15, 0.2) is 5.69 Å². The number of nitrogens with zero attached hydrogens (tertiary/aromatic N) is 6. The number of nitrogens with two attached hydrogens (primary N) is 1. The summed E-state index contributed by atoms with van der Waals surface area (Å²) in [4.78, 5) is 12.9. The summed E-state index contributed by atoms with van der Waals surface area (Å²) in [5, 5.41) is 19.9. The third-order valence-electron chi connectivity index (χ3n) is 4.37. The lowest BCUT2D eigenvalue weighted by atomic mass is 10.1. The van der Waals surface area contributed by atoms with E-state index in [-0.39, 0.29) is 17.3 Å². The van der Waals surface area contributed by atoms with Crippen LogP contribution in [0.3, 0.4) is 0 Å². The van der Waals surface area contributed by atoms with Crippen LogP contribution in [0.5, 0.6) is 5.75 Å². The highest BCUT2D eigenvalue weighted by atomic mass is 35.5. The van der Waals surface area contributed by atoms with E-state index in [0.717, 1.165) is 0 Å². The number of ether oxygens (including phenoxy) is 1. The molecule has 11 nitrogen and oxygen atoms in total. The molecule has 0 unspecified atom stereocenters. The summed E-state index contributed by atoms with van der Waals surface area (Å²) in [6.07, 6.45) is 1.37. The molecule has 0 aliphatic heterocycles. The minimum atomic E-state index is -0.630. The first-order valence-corrected chi connectivity index (χ1v) is 10.3. The van der Waals surface area contributed by atoms with Gasteiger partial charge >= 0.3 is 0 Å². The van der Waals surface area contributed by atoms with E-state index in [2.05, 4.69) is 35.8 Å². The van der Waals surface area contributed by atoms with E-state index >= 15 is 0 Å². The highest BCUT2D eigenvalue weighted by Crippen LogP contribution is 2.28. The number of carbonyl (C=O) groups excluding carboxylic acids is 1. The van der Waals surface area contributed by atoms with Crippen LogP contribution in [-0.2, 0) is 0 Å². The first-order chi connectivity index (χ1) is 16.0. The summed E-state index contributed by atoms with van der Waals surface area (Å²) in [6, 6.07) is 12.1. The van der Waals surface area contributed by atoms with Gasteiger partial charge in [0.25, 0.3) is 5.91 Å². The average Bonchev–Trinajstić information content (AvgIpc) is 3.43. The number of hydrogen-bond acceptors (Lipinski definition) is 9. The van der Waals surface area contributed by atoms with Gasteiger partial charge in [0.2, 0.25) is 11.6 Å². The first-order valence-electron chi connectivity index (χ1n) is 9.54. The summed E-state index contributed by atoms with van der Waals surface area (Å²) >= 11 is 12.1. The number of carbonyl (C=O) groups is 1. The number of nitrogens with one attached hydrogen (secondary N) is 1. The van der Waals surface area contributed by atoms with Crippen molar-refractivity contribution in [1.82, 2.24) is 30.7 Å². The summed E-state index contributed by atoms with van der Waals surface area (Å²) in [7, 11) is 0. The quantitative estimate of drug-likeness (QED) is 0.298. The molecule has 0 fully saturated rings. The van der Waals surface area contributed by atoms with Crippen LogP contribution in [0.2, 0.25) is 10.0 Å². The molecule has 2 aromatic heterocycles. The molecule has 4 aromatic rings. The van der Waals surface area contributed by atoms with Gasteiger partial charge in [0.05, 0.1) is 22.9 Å². The fourth-order valence-electron chi connectivity index (χ4n) is 2.89. The predicted octanol–water partition coefficient (Wildman–Crippen LogP) is 3.37. The minimum Gasteiger partial charge on any atom is -0.494 e. The van der Waals surface area contributed by atoms with Gasteiger partial charge in [-0.25, -0.2) is 10.1 Å². The van der Waals surface area contributed by atoms with Crippen LogP contribution in [0.4, 0.5) is 5.82 Å². The zero-order valence-corrected chi connectivity index (χ0v) is 18.6. The van der Waals surface area contributed by atoms with E-state index < -0.39 is 5.91 Å². The normalized spacial score (nSPS) is 11.1. The predicted molar refractivity (Wildman–Crippen MR) is 122 cm³/mol. The van der Waals surface area contributed by atoms with Gasteiger partial charge in [-0.3, -0.25) is 4.79 Å². The summed E-state index contributed by atoms with van der Waals surface area (Å²) in [5.74, 6) is 0.0961. The molecular weight excluding hydrogens is 471 g/mol. The molecule has 0 aliphatic carbocycles. The van der Waals surface area contributed by atoms with Gasteiger partial charge in [-0.05, 0) is 47.6 Å². The molecule has 0 spiro atoms. The van der Waals surface area contributed by atoms with Crippen molar-refractivity contribution in [1.29, 1.82) is 0 Å². The molecule has 33 heavy (non-hydrogen) atoms. The van der Waals surface area contributed by atoms with Gasteiger partial charge in [-0.15, -0.1) is 5.10 Å². The molecule has 2 heterocycles. The molecule has 0 saturated carbocycles. The van der Waals surface area contributed by atoms with Gasteiger partial charge in [-0.1, -0.05) is 40.5 Å². The van der Waals surface area contributed by atoms with Crippen LogP contribution in [0.25, 0.3) is 17.1 Å². The highest BCUT2D eigenvalue weighted by molar-refractivity contribution is 6.43. The molecular formula is C20H16Cl2N8O3. The van der Waals surface area contributed by atoms with E-state index in [0.29, 0.717) is 39.2 Å². The molecule has 2 aromatic carbocycles. The number of anilines is 1. The van der Waals surface area contributed by atoms with E-state index in [1.54, 1.807) is 42.5 Å². The van der Waals surface area contributed by atoms with Crippen molar-refractivity contribution in [3.8, 4) is 22.8 Å². The molecule has 168 valence electrons. The summed E-state index contributed by atoms with van der Waals surface area (Å²) in [5.41, 5.74) is 9.62. The second-order valence-corrected chi connectivity index (χ2v) is 7.26. The third kappa shape index (κ3) is 4.64. The SMILES string of the molecule is CCOc1ccc(-c2c(C(=O)NN=Cc3cccc(Cl)c3Cl)nnn2-c2nonc2N)cc1. The Morgan fingerprint density at radius 1 is 1.24 bits per heavy atom. The van der Waals surface area contributed by atoms with Crippen molar-refractivity contribution in [2.75, 3.05) is 12.3 Å². The van der Waals surface area contributed by atoms with Crippen molar-refractivity contribution >= 4 is 41.1 Å². The van der Waals surface area contributed by atoms with Crippen LogP contribution in [0.1, 0.15) is 23.0 Å². The van der Waals surface area contributed by atoms with Crippen molar-refractivity contribution in [3.63, 3.8) is 0 Å². The van der Waals surface area contributed by atoms with E-state index in [4.69, 9.17) is 33.7 Å². The Balaban J connectivity index is 1.68. The largest absolute Gasteiger partial charge is 0.494 e. The Labute approximate surface area is 197 Å². The Morgan fingerprint density at radius 2 is 2.03 bits per heavy atom. The van der Waals surface area contributed by atoms with Crippen LogP contribution in [-0.4, -0.2) is 44.0 Å². The number of benzene rings is 2. The fourth-order valence-corrected chi connectivity index (χ4v) is 3.25. The van der Waals surface area contributed by atoms with Crippen molar-refractivity contribution in [3.05, 3.63) is 63.8 Å². The lowest BCUT2D eigenvalue weighted by molar-refractivity contribution is 0.0950. The molecule has 0 aliphatic rings. The second-order valence-electron chi connectivity index (χ2n) is 6.47. The molecule has 0 radical (unpaired) electrons. The molecule has 0 bridgehead atoms. The number of aromatic nitrogens is 5.